The summed E-state index contributed by atoms with van der Waals surface area (Å²) in [5.74, 6) is 1.09. The van der Waals surface area contributed by atoms with Crippen molar-refractivity contribution in [2.24, 2.45) is 0 Å². The second-order valence-corrected chi connectivity index (χ2v) is 6.47. The lowest BCUT2D eigenvalue weighted by Gasteiger charge is -2.34. The molecule has 0 aliphatic carbocycles. The standard InChI is InChI=1S/C16H22N2O2S/c1-13-3-5-15(6-4-13)21-12-7-16(20)18-10-8-17(9-11-18)14(2)19/h3-6H,7-12H2,1-2H3. The van der Waals surface area contributed by atoms with Crippen LogP contribution in [0, 0.1) is 6.92 Å². The van der Waals surface area contributed by atoms with Gasteiger partial charge in [0.2, 0.25) is 11.8 Å². The van der Waals surface area contributed by atoms with Crippen LogP contribution in [0.2, 0.25) is 0 Å². The highest BCUT2D eigenvalue weighted by Gasteiger charge is 2.21. The molecule has 1 aliphatic heterocycles. The molecule has 1 aromatic rings. The van der Waals surface area contributed by atoms with Gasteiger partial charge in [-0.1, -0.05) is 17.7 Å². The summed E-state index contributed by atoms with van der Waals surface area (Å²) in [5, 5.41) is 0. The third-order valence-electron chi connectivity index (χ3n) is 3.68. The van der Waals surface area contributed by atoms with Gasteiger partial charge in [0.25, 0.3) is 0 Å². The summed E-state index contributed by atoms with van der Waals surface area (Å²) in [6, 6.07) is 8.36. The average Bonchev–Trinajstić information content (AvgIpc) is 2.49. The van der Waals surface area contributed by atoms with Gasteiger partial charge < -0.3 is 9.80 Å². The highest BCUT2D eigenvalue weighted by atomic mass is 32.2. The zero-order valence-electron chi connectivity index (χ0n) is 12.7. The highest BCUT2D eigenvalue weighted by molar-refractivity contribution is 7.99. The number of rotatable bonds is 4. The second-order valence-electron chi connectivity index (χ2n) is 5.30. The van der Waals surface area contributed by atoms with Crippen molar-refractivity contribution in [3.63, 3.8) is 0 Å². The van der Waals surface area contributed by atoms with Crippen molar-refractivity contribution in [3.05, 3.63) is 29.8 Å². The Morgan fingerprint density at radius 2 is 1.62 bits per heavy atom. The van der Waals surface area contributed by atoms with Crippen LogP contribution in [0.4, 0.5) is 0 Å². The topological polar surface area (TPSA) is 40.6 Å². The number of hydrogen-bond donors (Lipinski definition) is 0. The summed E-state index contributed by atoms with van der Waals surface area (Å²) in [4.78, 5) is 28.2. The Kier molecular flexibility index (Phi) is 5.67. The molecule has 0 spiro atoms. The van der Waals surface area contributed by atoms with Crippen molar-refractivity contribution < 1.29 is 9.59 Å². The Morgan fingerprint density at radius 3 is 2.19 bits per heavy atom. The zero-order valence-corrected chi connectivity index (χ0v) is 13.5. The Hall–Kier alpha value is -1.49. The molecule has 5 heteroatoms. The lowest BCUT2D eigenvalue weighted by molar-refractivity contribution is -0.138. The Morgan fingerprint density at radius 1 is 1.05 bits per heavy atom. The third kappa shape index (κ3) is 4.77. The van der Waals surface area contributed by atoms with Crippen LogP contribution < -0.4 is 0 Å². The first-order chi connectivity index (χ1) is 10.1. The fourth-order valence-electron chi connectivity index (χ4n) is 2.32. The lowest BCUT2D eigenvalue weighted by Crippen LogP contribution is -2.50. The molecule has 0 aromatic heterocycles. The molecule has 1 aromatic carbocycles. The van der Waals surface area contributed by atoms with Gasteiger partial charge in [0.15, 0.2) is 0 Å². The van der Waals surface area contributed by atoms with E-state index in [-0.39, 0.29) is 11.8 Å². The van der Waals surface area contributed by atoms with E-state index in [9.17, 15) is 9.59 Å². The summed E-state index contributed by atoms with van der Waals surface area (Å²) in [7, 11) is 0. The van der Waals surface area contributed by atoms with Gasteiger partial charge in [-0.15, -0.1) is 11.8 Å². The SMILES string of the molecule is CC(=O)N1CCN(C(=O)CCSc2ccc(C)cc2)CC1. The number of benzene rings is 1. The molecular weight excluding hydrogens is 284 g/mol. The van der Waals surface area contributed by atoms with Crippen molar-refractivity contribution in [2.45, 2.75) is 25.2 Å². The van der Waals surface area contributed by atoms with Crippen LogP contribution in [-0.4, -0.2) is 53.5 Å². The molecule has 0 saturated carbocycles. The largest absolute Gasteiger partial charge is 0.339 e. The van der Waals surface area contributed by atoms with Gasteiger partial charge in [0.1, 0.15) is 0 Å². The predicted molar refractivity (Wildman–Crippen MR) is 85.4 cm³/mol. The number of carbonyl (C=O) groups is 2. The minimum Gasteiger partial charge on any atom is -0.339 e. The molecule has 2 amide bonds. The predicted octanol–water partition coefficient (Wildman–Crippen LogP) is 2.17. The first kappa shape index (κ1) is 15.9. The Labute approximate surface area is 130 Å². The quantitative estimate of drug-likeness (QED) is 0.801. The first-order valence-electron chi connectivity index (χ1n) is 7.29. The van der Waals surface area contributed by atoms with Gasteiger partial charge in [-0.2, -0.15) is 0 Å². The van der Waals surface area contributed by atoms with Gasteiger partial charge in [0, 0.05) is 50.2 Å². The molecule has 21 heavy (non-hydrogen) atoms. The first-order valence-corrected chi connectivity index (χ1v) is 8.27. The number of aryl methyl sites for hydroxylation is 1. The molecule has 1 aliphatic rings. The summed E-state index contributed by atoms with van der Waals surface area (Å²) < 4.78 is 0. The molecule has 0 radical (unpaired) electrons. The molecule has 0 unspecified atom stereocenters. The molecule has 1 saturated heterocycles. The van der Waals surface area contributed by atoms with E-state index in [0.717, 1.165) is 5.75 Å². The van der Waals surface area contributed by atoms with E-state index in [2.05, 4.69) is 31.2 Å². The zero-order chi connectivity index (χ0) is 15.2. The van der Waals surface area contributed by atoms with Crippen LogP contribution in [0.3, 0.4) is 0 Å². The number of carbonyl (C=O) groups excluding carboxylic acids is 2. The molecule has 0 bridgehead atoms. The van der Waals surface area contributed by atoms with Crippen LogP contribution in [0.1, 0.15) is 18.9 Å². The fraction of sp³-hybridized carbons (Fsp3) is 0.500. The highest BCUT2D eigenvalue weighted by Crippen LogP contribution is 2.19. The summed E-state index contributed by atoms with van der Waals surface area (Å²) in [6.45, 7) is 6.29. The Bertz CT molecular complexity index is 494. The molecule has 4 nitrogen and oxygen atoms in total. The summed E-state index contributed by atoms with van der Waals surface area (Å²) >= 11 is 1.71. The van der Waals surface area contributed by atoms with E-state index in [4.69, 9.17) is 0 Å². The maximum Gasteiger partial charge on any atom is 0.223 e. The van der Waals surface area contributed by atoms with E-state index < -0.39 is 0 Å². The van der Waals surface area contributed by atoms with Crippen molar-refractivity contribution in [1.82, 2.24) is 9.80 Å². The fourth-order valence-corrected chi connectivity index (χ4v) is 3.16. The van der Waals surface area contributed by atoms with Gasteiger partial charge in [-0.3, -0.25) is 9.59 Å². The smallest absolute Gasteiger partial charge is 0.223 e. The Balaban J connectivity index is 1.70. The van der Waals surface area contributed by atoms with E-state index in [1.54, 1.807) is 23.6 Å². The average molecular weight is 306 g/mol. The molecule has 114 valence electrons. The number of piperazine rings is 1. The van der Waals surface area contributed by atoms with Crippen LogP contribution in [0.25, 0.3) is 0 Å². The van der Waals surface area contributed by atoms with E-state index in [0.29, 0.717) is 32.6 Å². The molecule has 0 N–H and O–H groups in total. The molecule has 2 rings (SSSR count). The lowest BCUT2D eigenvalue weighted by atomic mass is 10.2. The van der Waals surface area contributed by atoms with Gasteiger partial charge in [-0.25, -0.2) is 0 Å². The van der Waals surface area contributed by atoms with Gasteiger partial charge in [-0.05, 0) is 19.1 Å². The van der Waals surface area contributed by atoms with Crippen LogP contribution >= 0.6 is 11.8 Å². The van der Waals surface area contributed by atoms with E-state index in [1.165, 1.54) is 10.5 Å². The summed E-state index contributed by atoms with van der Waals surface area (Å²) in [5.41, 5.74) is 1.25. The number of hydrogen-bond acceptors (Lipinski definition) is 3. The number of thioether (sulfide) groups is 1. The van der Waals surface area contributed by atoms with Crippen LogP contribution in [-0.2, 0) is 9.59 Å². The van der Waals surface area contributed by atoms with Crippen LogP contribution in [0.5, 0.6) is 0 Å². The monoisotopic (exact) mass is 306 g/mol. The normalized spacial score (nSPS) is 15.1. The minimum absolute atomic E-state index is 0.0945. The maximum atomic E-state index is 12.1. The van der Waals surface area contributed by atoms with Crippen molar-refractivity contribution >= 4 is 23.6 Å². The van der Waals surface area contributed by atoms with Crippen LogP contribution in [0.15, 0.2) is 29.2 Å². The van der Waals surface area contributed by atoms with Crippen molar-refractivity contribution in [2.75, 3.05) is 31.9 Å². The molecule has 1 fully saturated rings. The second kappa shape index (κ2) is 7.50. The number of amides is 2. The third-order valence-corrected chi connectivity index (χ3v) is 4.70. The minimum atomic E-state index is 0.0945. The molecular formula is C16H22N2O2S. The maximum absolute atomic E-state index is 12.1. The number of nitrogens with zero attached hydrogens (tertiary/aromatic N) is 2. The molecule has 1 heterocycles. The van der Waals surface area contributed by atoms with Gasteiger partial charge in [0.05, 0.1) is 0 Å². The summed E-state index contributed by atoms with van der Waals surface area (Å²) in [6.07, 6.45) is 0.554. The van der Waals surface area contributed by atoms with Crippen molar-refractivity contribution in [3.8, 4) is 0 Å². The van der Waals surface area contributed by atoms with E-state index in [1.807, 2.05) is 4.90 Å². The molecule has 0 atom stereocenters. The van der Waals surface area contributed by atoms with E-state index >= 15 is 0 Å². The van der Waals surface area contributed by atoms with Gasteiger partial charge >= 0.3 is 0 Å². The van der Waals surface area contributed by atoms with Crippen molar-refractivity contribution in [1.29, 1.82) is 0 Å².